The number of aromatic nitrogens is 2. The fraction of sp³-hybridized carbons (Fsp3) is 0.711. The number of rotatable bonds is 28. The smallest absolute Gasteiger partial charge is 0.330 e. The second-order valence-corrected chi connectivity index (χ2v) is 19.5. The summed E-state index contributed by atoms with van der Waals surface area (Å²) in [4.78, 5) is 147. The zero-order valence-electron chi connectivity index (χ0n) is 42.8. The summed E-state index contributed by atoms with van der Waals surface area (Å²) in [5, 5.41) is 59.4. The average Bonchev–Trinajstić information content (AvgIpc) is 3.94. The Morgan fingerprint density at radius 2 is 1.37 bits per heavy atom. The topological polar surface area (TPSA) is 447 Å². The Morgan fingerprint density at radius 1 is 0.800 bits per heavy atom. The van der Waals surface area contributed by atoms with E-state index in [0.717, 1.165) is 21.7 Å². The van der Waals surface area contributed by atoms with Gasteiger partial charge < -0.3 is 83.5 Å². The van der Waals surface area contributed by atoms with Gasteiger partial charge in [-0.2, -0.15) is 12.6 Å². The monoisotopic (exact) mass is 1090 g/mol. The molecule has 0 radical (unpaired) electrons. The lowest BCUT2D eigenvalue weighted by atomic mass is 10.0. The first-order valence-electron chi connectivity index (χ1n) is 24.4. The van der Waals surface area contributed by atoms with Gasteiger partial charge >= 0.3 is 5.69 Å². The van der Waals surface area contributed by atoms with E-state index in [1.165, 1.54) is 20.8 Å². The third kappa shape index (κ3) is 18.1. The lowest BCUT2D eigenvalue weighted by molar-refractivity contribution is -0.145. The minimum absolute atomic E-state index is 0.0122. The van der Waals surface area contributed by atoms with Crippen LogP contribution in [0.1, 0.15) is 80.4 Å². The maximum atomic E-state index is 14.1. The maximum Gasteiger partial charge on any atom is 0.330 e. The summed E-state index contributed by atoms with van der Waals surface area (Å²) in [5.41, 5.74) is 9.46. The number of thiol groups is 1. The van der Waals surface area contributed by atoms with E-state index in [-0.39, 0.29) is 38.5 Å². The van der Waals surface area contributed by atoms with Crippen molar-refractivity contribution in [3.05, 3.63) is 33.1 Å². The van der Waals surface area contributed by atoms with Gasteiger partial charge in [0.1, 0.15) is 60.6 Å². The zero-order chi connectivity index (χ0) is 56.6. The number of ether oxygens (including phenoxy) is 2. The molecular weight excluding hydrogens is 1010 g/mol. The predicted octanol–water partition coefficient (Wildman–Crippen LogP) is -7.20. The number of aliphatic hydroxyl groups excluding tert-OH is 4. The molecule has 75 heavy (non-hydrogen) atoms. The number of primary amides is 1. The fourth-order valence-electron chi connectivity index (χ4n) is 7.89. The van der Waals surface area contributed by atoms with Crippen molar-refractivity contribution >= 4 is 65.8 Å². The second-order valence-electron chi connectivity index (χ2n) is 19.1. The molecule has 2 aliphatic heterocycles. The molecule has 1 aromatic heterocycles. The number of H-pyrrole nitrogens is 1. The summed E-state index contributed by atoms with van der Waals surface area (Å²) in [6.45, 7) is 9.53. The van der Waals surface area contributed by atoms with Gasteiger partial charge in [-0.05, 0) is 51.9 Å². The van der Waals surface area contributed by atoms with Gasteiger partial charge in [0.2, 0.25) is 53.2 Å². The van der Waals surface area contributed by atoms with Gasteiger partial charge in [-0.1, -0.05) is 27.7 Å². The first kappa shape index (κ1) is 63.3. The molecule has 0 aliphatic carbocycles. The predicted molar refractivity (Wildman–Crippen MR) is 266 cm³/mol. The van der Waals surface area contributed by atoms with Gasteiger partial charge in [0.05, 0.1) is 31.5 Å². The molecule has 3 rings (SSSR count). The molecule has 2 saturated heterocycles. The third-order valence-electron chi connectivity index (χ3n) is 12.4. The molecule has 16 N–H and O–H groups in total. The van der Waals surface area contributed by atoms with Crippen molar-refractivity contribution in [2.75, 3.05) is 32.1 Å². The van der Waals surface area contributed by atoms with Gasteiger partial charge in [-0.15, -0.1) is 0 Å². The van der Waals surface area contributed by atoms with Gasteiger partial charge in [-0.25, -0.2) is 4.79 Å². The minimum atomic E-state index is -1.70. The summed E-state index contributed by atoms with van der Waals surface area (Å²) in [6.07, 6.45) is -7.93. The van der Waals surface area contributed by atoms with Crippen molar-refractivity contribution in [2.24, 2.45) is 23.3 Å². The van der Waals surface area contributed by atoms with Crippen LogP contribution in [-0.2, 0) is 52.6 Å². The number of nitrogens with zero attached hydrogens (tertiary/aromatic N) is 2. The first-order valence-corrected chi connectivity index (χ1v) is 25.1. The number of aliphatic hydroxyl groups is 4. The largest absolute Gasteiger partial charge is 0.391 e. The van der Waals surface area contributed by atoms with Crippen LogP contribution in [-0.4, -0.2) is 199 Å². The van der Waals surface area contributed by atoms with Gasteiger partial charge in [0, 0.05) is 37.5 Å². The van der Waals surface area contributed by atoms with Crippen LogP contribution < -0.4 is 59.9 Å². The van der Waals surface area contributed by atoms with E-state index in [1.807, 2.05) is 4.98 Å². The van der Waals surface area contributed by atoms with Gasteiger partial charge in [0.15, 0.2) is 6.23 Å². The second kappa shape index (κ2) is 29.3. The fourth-order valence-corrected chi connectivity index (χ4v) is 8.06. The highest BCUT2D eigenvalue weighted by Crippen LogP contribution is 2.28. The Kier molecular flexibility index (Phi) is 24.7. The molecule has 29 nitrogen and oxygen atoms in total. The summed E-state index contributed by atoms with van der Waals surface area (Å²) < 4.78 is 12.0. The number of carbonyl (C=O) groups is 9. The number of hydrogen-bond donors (Lipinski definition) is 15. The van der Waals surface area contributed by atoms with Crippen LogP contribution in [0.25, 0.3) is 0 Å². The highest BCUT2D eigenvalue weighted by molar-refractivity contribution is 7.80. The average molecular weight is 1090 g/mol. The molecule has 0 bridgehead atoms. The number of nitrogens with two attached hydrogens (primary N) is 2. The number of amides is 9. The summed E-state index contributed by atoms with van der Waals surface area (Å²) >= 11 is 4.01. The molecule has 0 aromatic carbocycles. The van der Waals surface area contributed by atoms with E-state index in [2.05, 4.69) is 49.8 Å². The van der Waals surface area contributed by atoms with E-state index >= 15 is 0 Å². The van der Waals surface area contributed by atoms with Crippen molar-refractivity contribution in [2.45, 2.75) is 159 Å². The Labute approximate surface area is 437 Å². The normalized spacial score (nSPS) is 22.1. The van der Waals surface area contributed by atoms with Crippen molar-refractivity contribution in [1.82, 2.24) is 51.7 Å². The maximum absolute atomic E-state index is 14.1. The zero-order valence-corrected chi connectivity index (χ0v) is 43.7. The number of hydrogen-bond acceptors (Lipinski definition) is 19. The van der Waals surface area contributed by atoms with Crippen LogP contribution >= 0.6 is 12.6 Å². The van der Waals surface area contributed by atoms with Crippen LogP contribution in [0, 0.1) is 11.8 Å². The number of nitrogens with one attached hydrogen (secondary N) is 8. The Bertz CT molecular complexity index is 2300. The molecule has 2 aliphatic rings. The number of aromatic amines is 1. The first-order chi connectivity index (χ1) is 35.1. The van der Waals surface area contributed by atoms with E-state index < -0.39 is 174 Å². The highest BCUT2D eigenvalue weighted by Gasteiger charge is 2.45. The SMILES string of the molecule is CC(C)[C@H](NC(=O)[C@@H](N)CS)C(=O)N[C@H](C(=O)N1CCC[C@H]1C(=O)N[C@H](C(=O)N[C@@H](CCC(=O)NCCOC[C@H]1O[C@@H](n2ccc(=O)[nH]c2=O)[C@H](O)[C@@H]1O)C(=O)N[C@H](C(=O)N[C@@H](C)C(N)=O)[C@@H](C)O)C(C)C)[C@@H](C)O. The van der Waals surface area contributed by atoms with Crippen molar-refractivity contribution in [3.8, 4) is 0 Å². The summed E-state index contributed by atoms with van der Waals surface area (Å²) in [6, 6.07) is -9.88. The summed E-state index contributed by atoms with van der Waals surface area (Å²) in [7, 11) is 0. The Morgan fingerprint density at radius 3 is 1.95 bits per heavy atom. The van der Waals surface area contributed by atoms with Gasteiger partial charge in [0.25, 0.3) is 5.56 Å². The van der Waals surface area contributed by atoms with Crippen LogP contribution in [0.5, 0.6) is 0 Å². The molecule has 3 heterocycles. The van der Waals surface area contributed by atoms with Crippen LogP contribution in [0.4, 0.5) is 0 Å². The van der Waals surface area contributed by atoms with Crippen molar-refractivity contribution in [3.63, 3.8) is 0 Å². The molecular formula is C45H74N12O17S. The third-order valence-corrected chi connectivity index (χ3v) is 12.8. The van der Waals surface area contributed by atoms with Crippen molar-refractivity contribution in [1.29, 1.82) is 0 Å². The molecule has 30 heteroatoms. The van der Waals surface area contributed by atoms with Crippen LogP contribution in [0.2, 0.25) is 0 Å². The number of likely N-dealkylation sites (tertiary alicyclic amines) is 1. The van der Waals surface area contributed by atoms with Crippen LogP contribution in [0.15, 0.2) is 21.9 Å². The standard InChI is InChI=1S/C45H74N12O17S/c1-19(2)30(53-39(67)26-9-8-14-56(26)43(71)33(23(7)59)55-41(69)31(20(3)4)52-37(65)24(46)18-75)40(68)50-25(38(66)54-32(22(6)58)42(70)49-21(5)36(47)64)10-11-28(60)48-13-16-73-17-27-34(62)35(63)44(74-27)57-15-12-29(61)51-45(57)72/h12,15,19-27,30-35,44,58-59,62-63,75H,8-11,13-14,16-18,46H2,1-7H3,(H2,47,64)(H,48,60)(H,49,70)(H,50,68)(H,52,65)(H,53,67)(H,54,66)(H,55,69)(H,51,61,72)/t21-,22+,23+,24-,25-,26-,27+,30-,31-,32-,33-,34+,35+,44+/m0/s1. The summed E-state index contributed by atoms with van der Waals surface area (Å²) in [5.74, 6) is -8.89. The molecule has 14 atom stereocenters. The van der Waals surface area contributed by atoms with E-state index in [0.29, 0.717) is 6.42 Å². The Hall–Kier alpha value is -6.02. The van der Waals surface area contributed by atoms with E-state index in [4.69, 9.17) is 20.9 Å². The molecule has 9 amide bonds. The van der Waals surface area contributed by atoms with E-state index in [1.54, 1.807) is 27.7 Å². The molecule has 422 valence electrons. The molecule has 0 unspecified atom stereocenters. The van der Waals surface area contributed by atoms with Crippen molar-refractivity contribution < 1.29 is 73.1 Å². The highest BCUT2D eigenvalue weighted by atomic mass is 32.1. The molecule has 1 aromatic rings. The van der Waals surface area contributed by atoms with Crippen LogP contribution in [0.3, 0.4) is 0 Å². The molecule has 2 fully saturated rings. The van der Waals surface area contributed by atoms with E-state index in [9.17, 15) is 73.2 Å². The lowest BCUT2D eigenvalue weighted by Gasteiger charge is -2.33. The van der Waals surface area contributed by atoms with Gasteiger partial charge in [-0.3, -0.25) is 57.5 Å². The minimum Gasteiger partial charge on any atom is -0.391 e. The Balaban J connectivity index is 1.74. The lowest BCUT2D eigenvalue weighted by Crippen LogP contribution is -2.62. The molecule has 0 saturated carbocycles. The quantitative estimate of drug-likeness (QED) is 0.0274. The molecule has 0 spiro atoms. The number of carbonyl (C=O) groups excluding carboxylic acids is 9.